The number of carbonyl (C=O) groups is 1. The molecule has 1 aliphatic carbocycles. The van der Waals surface area contributed by atoms with E-state index in [-0.39, 0.29) is 11.8 Å². The SMILES string of the molecule is CCC(C)C(=O)NC1CC1. The first-order valence-corrected chi connectivity index (χ1v) is 4.04. The van der Waals surface area contributed by atoms with Gasteiger partial charge in [0.15, 0.2) is 0 Å². The van der Waals surface area contributed by atoms with Crippen LogP contribution in [0.25, 0.3) is 0 Å². The summed E-state index contributed by atoms with van der Waals surface area (Å²) in [6.07, 6.45) is 3.31. The Kier molecular flexibility index (Phi) is 2.30. The maximum atomic E-state index is 11.1. The minimum Gasteiger partial charge on any atom is -0.353 e. The Labute approximate surface area is 62.0 Å². The van der Waals surface area contributed by atoms with Crippen LogP contribution in [-0.4, -0.2) is 11.9 Å². The Balaban J connectivity index is 2.18. The van der Waals surface area contributed by atoms with Crippen LogP contribution >= 0.6 is 0 Å². The molecule has 0 heterocycles. The fraction of sp³-hybridized carbons (Fsp3) is 0.875. The summed E-state index contributed by atoms with van der Waals surface area (Å²) in [5.74, 6) is 0.422. The standard InChI is InChI=1S/C8H15NO/c1-3-6(2)8(10)9-7-4-5-7/h6-7H,3-5H2,1-2H3,(H,9,10). The molecule has 1 saturated carbocycles. The first-order chi connectivity index (χ1) is 4.74. The van der Waals surface area contributed by atoms with Gasteiger partial charge in [0.2, 0.25) is 5.91 Å². The van der Waals surface area contributed by atoms with Gasteiger partial charge in [0, 0.05) is 12.0 Å². The predicted molar refractivity (Wildman–Crippen MR) is 40.6 cm³/mol. The highest BCUT2D eigenvalue weighted by Gasteiger charge is 2.24. The molecule has 1 amide bonds. The van der Waals surface area contributed by atoms with E-state index in [1.54, 1.807) is 0 Å². The van der Waals surface area contributed by atoms with E-state index in [4.69, 9.17) is 0 Å². The van der Waals surface area contributed by atoms with Crippen molar-refractivity contribution in [3.63, 3.8) is 0 Å². The Morgan fingerprint density at radius 3 is 2.70 bits per heavy atom. The molecule has 1 unspecified atom stereocenters. The average molecular weight is 141 g/mol. The largest absolute Gasteiger partial charge is 0.353 e. The van der Waals surface area contributed by atoms with Crippen molar-refractivity contribution >= 4 is 5.91 Å². The second-order valence-electron chi connectivity index (χ2n) is 3.09. The van der Waals surface area contributed by atoms with E-state index >= 15 is 0 Å². The van der Waals surface area contributed by atoms with Crippen molar-refractivity contribution in [1.29, 1.82) is 0 Å². The van der Waals surface area contributed by atoms with Crippen molar-refractivity contribution in [2.24, 2.45) is 5.92 Å². The molecule has 10 heavy (non-hydrogen) atoms. The Morgan fingerprint density at radius 2 is 2.30 bits per heavy atom. The van der Waals surface area contributed by atoms with Gasteiger partial charge in [0.05, 0.1) is 0 Å². The second-order valence-corrected chi connectivity index (χ2v) is 3.09. The van der Waals surface area contributed by atoms with Crippen LogP contribution in [0.2, 0.25) is 0 Å². The van der Waals surface area contributed by atoms with Crippen LogP contribution in [0.4, 0.5) is 0 Å². The van der Waals surface area contributed by atoms with Crippen molar-refractivity contribution in [3.8, 4) is 0 Å². The van der Waals surface area contributed by atoms with Gasteiger partial charge in [-0.05, 0) is 19.3 Å². The van der Waals surface area contributed by atoms with Crippen LogP contribution in [0, 0.1) is 5.92 Å². The molecule has 1 atom stereocenters. The molecule has 0 aromatic heterocycles. The summed E-state index contributed by atoms with van der Waals surface area (Å²) < 4.78 is 0. The van der Waals surface area contributed by atoms with Crippen LogP contribution in [0.3, 0.4) is 0 Å². The lowest BCUT2D eigenvalue weighted by atomic mass is 10.1. The summed E-state index contributed by atoms with van der Waals surface area (Å²) in [7, 11) is 0. The van der Waals surface area contributed by atoms with Crippen molar-refractivity contribution in [2.75, 3.05) is 0 Å². The first-order valence-electron chi connectivity index (χ1n) is 4.04. The lowest BCUT2D eigenvalue weighted by molar-refractivity contribution is -0.124. The molecule has 0 aromatic carbocycles. The number of rotatable bonds is 3. The van der Waals surface area contributed by atoms with Crippen molar-refractivity contribution in [1.82, 2.24) is 5.32 Å². The van der Waals surface area contributed by atoms with E-state index in [0.717, 1.165) is 6.42 Å². The Hall–Kier alpha value is -0.530. The van der Waals surface area contributed by atoms with Gasteiger partial charge in [-0.2, -0.15) is 0 Å². The van der Waals surface area contributed by atoms with E-state index in [1.165, 1.54) is 12.8 Å². The van der Waals surface area contributed by atoms with Crippen LogP contribution in [0.1, 0.15) is 33.1 Å². The summed E-state index contributed by atoms with van der Waals surface area (Å²) in [5, 5.41) is 2.97. The molecule has 1 fully saturated rings. The fourth-order valence-electron chi connectivity index (χ4n) is 0.757. The minimum absolute atomic E-state index is 0.195. The van der Waals surface area contributed by atoms with Gasteiger partial charge in [-0.3, -0.25) is 4.79 Å². The summed E-state index contributed by atoms with van der Waals surface area (Å²) in [6, 6.07) is 0.515. The zero-order chi connectivity index (χ0) is 7.56. The zero-order valence-electron chi connectivity index (χ0n) is 6.68. The van der Waals surface area contributed by atoms with Crippen LogP contribution in [0.5, 0.6) is 0 Å². The third-order valence-corrected chi connectivity index (χ3v) is 1.98. The van der Waals surface area contributed by atoms with Gasteiger partial charge in [-0.15, -0.1) is 0 Å². The predicted octanol–water partition coefficient (Wildman–Crippen LogP) is 1.31. The molecule has 1 rings (SSSR count). The van der Waals surface area contributed by atoms with Gasteiger partial charge in [0.25, 0.3) is 0 Å². The van der Waals surface area contributed by atoms with Gasteiger partial charge in [-0.1, -0.05) is 13.8 Å². The highest BCUT2D eigenvalue weighted by molar-refractivity contribution is 5.78. The van der Waals surface area contributed by atoms with Crippen LogP contribution in [-0.2, 0) is 4.79 Å². The molecule has 1 N–H and O–H groups in total. The van der Waals surface area contributed by atoms with Gasteiger partial charge in [-0.25, -0.2) is 0 Å². The molecule has 0 aliphatic heterocycles. The van der Waals surface area contributed by atoms with Crippen LogP contribution in [0.15, 0.2) is 0 Å². The zero-order valence-corrected chi connectivity index (χ0v) is 6.68. The van der Waals surface area contributed by atoms with Crippen LogP contribution < -0.4 is 5.32 Å². The van der Waals surface area contributed by atoms with E-state index in [0.29, 0.717) is 6.04 Å². The second kappa shape index (κ2) is 3.04. The maximum absolute atomic E-state index is 11.1. The monoisotopic (exact) mass is 141 g/mol. The van der Waals surface area contributed by atoms with Crippen molar-refractivity contribution in [2.45, 2.75) is 39.2 Å². The normalized spacial score (nSPS) is 20.2. The van der Waals surface area contributed by atoms with Gasteiger partial charge < -0.3 is 5.32 Å². The van der Waals surface area contributed by atoms with Crippen molar-refractivity contribution < 1.29 is 4.79 Å². The Bertz CT molecular complexity index is 129. The fourth-order valence-corrected chi connectivity index (χ4v) is 0.757. The summed E-state index contributed by atoms with van der Waals surface area (Å²) >= 11 is 0. The first kappa shape index (κ1) is 7.58. The van der Waals surface area contributed by atoms with Gasteiger partial charge in [0.1, 0.15) is 0 Å². The van der Waals surface area contributed by atoms with E-state index in [1.807, 2.05) is 13.8 Å². The Morgan fingerprint density at radius 1 is 1.70 bits per heavy atom. The van der Waals surface area contributed by atoms with Crippen molar-refractivity contribution in [3.05, 3.63) is 0 Å². The summed E-state index contributed by atoms with van der Waals surface area (Å²) in [6.45, 7) is 4.01. The van der Waals surface area contributed by atoms with E-state index in [9.17, 15) is 4.79 Å². The highest BCUT2D eigenvalue weighted by atomic mass is 16.1. The van der Waals surface area contributed by atoms with E-state index < -0.39 is 0 Å². The number of hydrogen-bond donors (Lipinski definition) is 1. The molecule has 1 aliphatic rings. The smallest absolute Gasteiger partial charge is 0.223 e. The highest BCUT2D eigenvalue weighted by Crippen LogP contribution is 2.19. The topological polar surface area (TPSA) is 29.1 Å². The van der Waals surface area contributed by atoms with Gasteiger partial charge >= 0.3 is 0 Å². The molecule has 0 bridgehead atoms. The molecule has 58 valence electrons. The number of hydrogen-bond acceptors (Lipinski definition) is 1. The molecule has 0 spiro atoms. The molecule has 2 heteroatoms. The lowest BCUT2D eigenvalue weighted by Crippen LogP contribution is -2.30. The summed E-state index contributed by atoms with van der Waals surface area (Å²) in [5.41, 5.74) is 0. The number of amides is 1. The lowest BCUT2D eigenvalue weighted by Gasteiger charge is -2.07. The third kappa shape index (κ3) is 2.01. The molecule has 0 radical (unpaired) electrons. The quantitative estimate of drug-likeness (QED) is 0.631. The molecule has 0 aromatic rings. The number of nitrogens with one attached hydrogen (secondary N) is 1. The molecular formula is C8H15NO. The molecule has 0 saturated heterocycles. The maximum Gasteiger partial charge on any atom is 0.223 e. The van der Waals surface area contributed by atoms with E-state index in [2.05, 4.69) is 5.32 Å². The average Bonchev–Trinajstić information content (AvgIpc) is 2.70. The molecular weight excluding hydrogens is 126 g/mol. The summed E-state index contributed by atoms with van der Waals surface area (Å²) in [4.78, 5) is 11.1. The third-order valence-electron chi connectivity index (χ3n) is 1.98. The minimum atomic E-state index is 0.195. The number of carbonyl (C=O) groups excluding carboxylic acids is 1. The molecule has 2 nitrogen and oxygen atoms in total.